The first-order valence-electron chi connectivity index (χ1n) is 13.3. The second-order valence-corrected chi connectivity index (χ2v) is 10.9. The molecule has 0 unspecified atom stereocenters. The summed E-state index contributed by atoms with van der Waals surface area (Å²) < 4.78 is 18.3. The number of carbonyl (C=O) groups is 2. The number of hydrogen-bond donors (Lipinski definition) is 1. The summed E-state index contributed by atoms with van der Waals surface area (Å²) in [6.45, 7) is 3.86. The normalized spacial score (nSPS) is 28.3. The van der Waals surface area contributed by atoms with E-state index in [4.69, 9.17) is 4.74 Å². The van der Waals surface area contributed by atoms with E-state index >= 15 is 0 Å². The molecule has 6 heteroatoms. The number of benzene rings is 1. The van der Waals surface area contributed by atoms with Crippen molar-refractivity contribution in [3.8, 4) is 0 Å². The molecule has 0 spiro atoms. The Kier molecular flexibility index (Phi) is 9.12. The molecule has 1 aliphatic heterocycles. The van der Waals surface area contributed by atoms with Crippen molar-refractivity contribution in [3.05, 3.63) is 35.6 Å². The van der Waals surface area contributed by atoms with Crippen molar-refractivity contribution in [3.63, 3.8) is 0 Å². The molecule has 1 aromatic carbocycles. The van der Waals surface area contributed by atoms with Crippen molar-refractivity contribution in [2.24, 2.45) is 23.7 Å². The number of rotatable bonds is 10. The third kappa shape index (κ3) is 7.11. The average Bonchev–Trinajstić information content (AvgIpc) is 2.83. The highest BCUT2D eigenvalue weighted by Gasteiger charge is 2.32. The predicted molar refractivity (Wildman–Crippen MR) is 131 cm³/mol. The standard InChI is InChI=1S/C28H41FN2O3/c1-34-19-22-16-21(17-22)18-27(32)30-26-8-2-20(3-9-26)10-13-31-14-11-24(12-15-31)28(33)23-4-6-25(29)7-5-23/h4-7,20-22,24,26H,2-3,8-19H2,1H3,(H,30,32)/t20-,21-,22+,26-. The number of carbonyl (C=O) groups excluding carboxylic acids is 2. The topological polar surface area (TPSA) is 58.6 Å². The van der Waals surface area contributed by atoms with Crippen molar-refractivity contribution in [2.75, 3.05) is 33.4 Å². The van der Waals surface area contributed by atoms with Crippen LogP contribution < -0.4 is 5.32 Å². The van der Waals surface area contributed by atoms with Crippen LogP contribution in [-0.4, -0.2) is 56.0 Å². The van der Waals surface area contributed by atoms with Crippen LogP contribution >= 0.6 is 0 Å². The maximum Gasteiger partial charge on any atom is 0.220 e. The molecule has 0 bridgehead atoms. The Morgan fingerprint density at radius 2 is 1.65 bits per heavy atom. The maximum absolute atomic E-state index is 13.1. The van der Waals surface area contributed by atoms with Crippen LogP contribution in [0.25, 0.3) is 0 Å². The zero-order valence-electron chi connectivity index (χ0n) is 20.6. The van der Waals surface area contributed by atoms with Gasteiger partial charge in [-0.1, -0.05) is 0 Å². The number of Topliss-reactive ketones (excluding diaryl/α,β-unsaturated/α-hetero) is 1. The Morgan fingerprint density at radius 1 is 0.971 bits per heavy atom. The largest absolute Gasteiger partial charge is 0.384 e. The minimum absolute atomic E-state index is 0.0616. The number of nitrogens with zero attached hydrogens (tertiary/aromatic N) is 1. The van der Waals surface area contributed by atoms with Crippen LogP contribution in [0.2, 0.25) is 0 Å². The van der Waals surface area contributed by atoms with Crippen LogP contribution in [0.1, 0.15) is 74.6 Å². The van der Waals surface area contributed by atoms with E-state index in [2.05, 4.69) is 10.2 Å². The Hall–Kier alpha value is -1.79. The number of likely N-dealkylation sites (tertiary alicyclic amines) is 1. The van der Waals surface area contributed by atoms with E-state index in [0.717, 1.165) is 70.7 Å². The number of piperidine rings is 1. The summed E-state index contributed by atoms with van der Waals surface area (Å²) in [7, 11) is 1.75. The molecule has 4 rings (SSSR count). The maximum atomic E-state index is 13.1. The zero-order chi connectivity index (χ0) is 23.9. The lowest BCUT2D eigenvalue weighted by Crippen LogP contribution is -2.41. The first-order valence-corrected chi connectivity index (χ1v) is 13.3. The highest BCUT2D eigenvalue weighted by molar-refractivity contribution is 5.97. The number of ether oxygens (including phenoxy) is 1. The first-order chi connectivity index (χ1) is 16.5. The second-order valence-electron chi connectivity index (χ2n) is 10.9. The van der Waals surface area contributed by atoms with E-state index in [1.54, 1.807) is 19.2 Å². The van der Waals surface area contributed by atoms with E-state index in [0.29, 0.717) is 29.9 Å². The quantitative estimate of drug-likeness (QED) is 0.495. The summed E-state index contributed by atoms with van der Waals surface area (Å²) in [5.41, 5.74) is 0.631. The van der Waals surface area contributed by atoms with Crippen molar-refractivity contribution in [1.82, 2.24) is 10.2 Å². The molecule has 1 amide bonds. The molecule has 5 nitrogen and oxygen atoms in total. The molecule has 1 heterocycles. The van der Waals surface area contributed by atoms with Gasteiger partial charge < -0.3 is 15.0 Å². The third-order valence-corrected chi connectivity index (χ3v) is 8.36. The van der Waals surface area contributed by atoms with Crippen LogP contribution in [0.5, 0.6) is 0 Å². The van der Waals surface area contributed by atoms with Crippen molar-refractivity contribution < 1.29 is 18.7 Å². The summed E-state index contributed by atoms with van der Waals surface area (Å²) >= 11 is 0. The minimum Gasteiger partial charge on any atom is -0.384 e. The van der Waals surface area contributed by atoms with Gasteiger partial charge in [-0.15, -0.1) is 0 Å². The Balaban J connectivity index is 1.07. The summed E-state index contributed by atoms with van der Waals surface area (Å²) in [5.74, 6) is 2.10. The molecule has 1 aromatic rings. The van der Waals surface area contributed by atoms with Crippen LogP contribution in [0.4, 0.5) is 4.39 Å². The lowest BCUT2D eigenvalue weighted by molar-refractivity contribution is -0.124. The van der Waals surface area contributed by atoms with Gasteiger partial charge in [-0.3, -0.25) is 9.59 Å². The number of ketones is 1. The molecule has 3 aliphatic rings. The highest BCUT2D eigenvalue weighted by Crippen LogP contribution is 2.36. The van der Waals surface area contributed by atoms with Gasteiger partial charge in [0.1, 0.15) is 5.82 Å². The van der Waals surface area contributed by atoms with E-state index < -0.39 is 0 Å². The fraction of sp³-hybridized carbons (Fsp3) is 0.714. The Morgan fingerprint density at radius 3 is 2.29 bits per heavy atom. The smallest absolute Gasteiger partial charge is 0.220 e. The summed E-state index contributed by atoms with van der Waals surface area (Å²) in [6.07, 6.45) is 10.5. The number of nitrogens with one attached hydrogen (secondary N) is 1. The molecule has 3 fully saturated rings. The Labute approximate surface area is 203 Å². The van der Waals surface area contributed by atoms with Crippen LogP contribution in [0.3, 0.4) is 0 Å². The van der Waals surface area contributed by atoms with Crippen molar-refractivity contribution >= 4 is 11.7 Å². The van der Waals surface area contributed by atoms with Gasteiger partial charge in [0, 0.05) is 37.7 Å². The molecule has 1 saturated heterocycles. The molecular weight excluding hydrogens is 431 g/mol. The summed E-state index contributed by atoms with van der Waals surface area (Å²) in [5, 5.41) is 3.29. The fourth-order valence-corrected chi connectivity index (χ4v) is 6.19. The molecule has 2 aliphatic carbocycles. The van der Waals surface area contributed by atoms with Gasteiger partial charge in [0.2, 0.25) is 5.91 Å². The summed E-state index contributed by atoms with van der Waals surface area (Å²) in [6, 6.07) is 6.31. The molecule has 2 saturated carbocycles. The van der Waals surface area contributed by atoms with Gasteiger partial charge >= 0.3 is 0 Å². The predicted octanol–water partition coefficient (Wildman–Crippen LogP) is 4.85. The number of amides is 1. The number of hydrogen-bond acceptors (Lipinski definition) is 4. The molecule has 0 aromatic heterocycles. The molecule has 188 valence electrons. The molecule has 0 radical (unpaired) electrons. The van der Waals surface area contributed by atoms with Crippen LogP contribution in [-0.2, 0) is 9.53 Å². The number of halogens is 1. The van der Waals surface area contributed by atoms with E-state index in [9.17, 15) is 14.0 Å². The van der Waals surface area contributed by atoms with E-state index in [1.807, 2.05) is 0 Å². The molecule has 1 N–H and O–H groups in total. The first kappa shape index (κ1) is 25.3. The molecule has 34 heavy (non-hydrogen) atoms. The van der Waals surface area contributed by atoms with Crippen molar-refractivity contribution in [1.29, 1.82) is 0 Å². The Bertz CT molecular complexity index is 792. The highest BCUT2D eigenvalue weighted by atomic mass is 19.1. The lowest BCUT2D eigenvalue weighted by Gasteiger charge is -2.36. The van der Waals surface area contributed by atoms with Crippen LogP contribution in [0.15, 0.2) is 24.3 Å². The van der Waals surface area contributed by atoms with Gasteiger partial charge in [-0.25, -0.2) is 4.39 Å². The van der Waals surface area contributed by atoms with Gasteiger partial charge in [0.25, 0.3) is 0 Å². The van der Waals surface area contributed by atoms with E-state index in [1.165, 1.54) is 31.4 Å². The minimum atomic E-state index is -0.298. The van der Waals surface area contributed by atoms with Gasteiger partial charge in [-0.05, 0) is 119 Å². The van der Waals surface area contributed by atoms with Crippen molar-refractivity contribution in [2.45, 2.75) is 70.3 Å². The monoisotopic (exact) mass is 472 g/mol. The lowest BCUT2D eigenvalue weighted by atomic mass is 9.73. The van der Waals surface area contributed by atoms with E-state index in [-0.39, 0.29) is 23.4 Å². The summed E-state index contributed by atoms with van der Waals surface area (Å²) in [4.78, 5) is 27.6. The fourth-order valence-electron chi connectivity index (χ4n) is 6.19. The van der Waals surface area contributed by atoms with Crippen LogP contribution in [0, 0.1) is 29.5 Å². The molecule has 0 atom stereocenters. The van der Waals surface area contributed by atoms with Gasteiger partial charge in [0.05, 0.1) is 0 Å². The average molecular weight is 473 g/mol. The third-order valence-electron chi connectivity index (χ3n) is 8.36. The molecular formula is C28H41FN2O3. The van der Waals surface area contributed by atoms with Gasteiger partial charge in [0.15, 0.2) is 5.78 Å². The van der Waals surface area contributed by atoms with Gasteiger partial charge in [-0.2, -0.15) is 0 Å². The number of methoxy groups -OCH3 is 1. The zero-order valence-corrected chi connectivity index (χ0v) is 20.6. The second kappa shape index (κ2) is 12.3. The SMILES string of the molecule is COC[C@H]1C[C@@H](CC(=O)N[C@H]2CC[C@H](CCN3CCC(C(=O)c4ccc(F)cc4)CC3)CC2)C1.